The molecule has 2 fully saturated rings. The summed E-state index contributed by atoms with van der Waals surface area (Å²) in [5.41, 5.74) is 0. The summed E-state index contributed by atoms with van der Waals surface area (Å²) in [6, 6.07) is 20.5. The van der Waals surface area contributed by atoms with Crippen LogP contribution >= 0.6 is 7.60 Å². The maximum Gasteiger partial charge on any atom is 0.376 e. The standard InChI is InChI=1S/C28H38FO8PSi/c1-6-34-38(31,35-7-2)26(29)27(30)36-22-18-32-25-23(19-33-24(22)25)37-39(28(3,4)5,20-14-10-8-11-15-20)21-16-12-9-13-17-21/h8-17,22-26H,6-7,18-19H2,1-5H3/t22-,23-,24-,25-,26?/m1/s1. The van der Waals surface area contributed by atoms with Gasteiger partial charge in [-0.05, 0) is 29.3 Å². The van der Waals surface area contributed by atoms with Crippen molar-refractivity contribution in [1.82, 2.24) is 0 Å². The number of carbonyl (C=O) groups is 1. The molecule has 2 aliphatic heterocycles. The first kappa shape index (κ1) is 30.1. The fourth-order valence-corrected chi connectivity index (χ4v) is 11.5. The van der Waals surface area contributed by atoms with Crippen molar-refractivity contribution in [3.63, 3.8) is 0 Å². The number of benzene rings is 2. The molecule has 4 rings (SSSR count). The normalized spacial score (nSPS) is 24.4. The van der Waals surface area contributed by atoms with E-state index in [0.29, 0.717) is 0 Å². The highest BCUT2D eigenvalue weighted by Crippen LogP contribution is 2.54. The summed E-state index contributed by atoms with van der Waals surface area (Å²) in [7, 11) is -7.21. The van der Waals surface area contributed by atoms with Gasteiger partial charge in [0, 0.05) is 0 Å². The van der Waals surface area contributed by atoms with Crippen LogP contribution in [0.4, 0.5) is 4.39 Å². The molecule has 2 aliphatic rings. The molecule has 0 saturated carbocycles. The molecule has 0 aliphatic carbocycles. The lowest BCUT2D eigenvalue weighted by Gasteiger charge is -2.45. The Hall–Kier alpha value is -1.91. The zero-order valence-corrected chi connectivity index (χ0v) is 25.0. The molecule has 0 N–H and O–H groups in total. The van der Waals surface area contributed by atoms with Gasteiger partial charge in [-0.1, -0.05) is 81.4 Å². The first-order chi connectivity index (χ1) is 18.6. The van der Waals surface area contributed by atoms with Gasteiger partial charge < -0.3 is 27.7 Å². The van der Waals surface area contributed by atoms with Crippen molar-refractivity contribution in [2.24, 2.45) is 0 Å². The highest BCUT2D eigenvalue weighted by atomic mass is 31.2. The predicted octanol–water partition coefficient (Wildman–Crippen LogP) is 4.20. The van der Waals surface area contributed by atoms with Crippen LogP contribution in [0.2, 0.25) is 5.04 Å². The van der Waals surface area contributed by atoms with Gasteiger partial charge in [0.05, 0.1) is 32.5 Å². The minimum absolute atomic E-state index is 0.00196. The van der Waals surface area contributed by atoms with Gasteiger partial charge in [0.2, 0.25) is 0 Å². The highest BCUT2D eigenvalue weighted by molar-refractivity contribution is 7.55. The van der Waals surface area contributed by atoms with E-state index < -0.39 is 52.2 Å². The number of rotatable bonds is 11. The molecule has 8 nitrogen and oxygen atoms in total. The van der Waals surface area contributed by atoms with Gasteiger partial charge >= 0.3 is 13.6 Å². The maximum atomic E-state index is 14.9. The van der Waals surface area contributed by atoms with E-state index in [1.807, 2.05) is 36.4 Å². The molecule has 0 spiro atoms. The van der Waals surface area contributed by atoms with E-state index in [0.717, 1.165) is 10.4 Å². The van der Waals surface area contributed by atoms with Crippen LogP contribution in [0, 0.1) is 0 Å². The SMILES string of the molecule is CCOP(=O)(OCC)C(F)C(=O)O[C@@H]1CO[C@H]2[C@@H]1OC[C@H]2O[Si](c1ccccc1)(c1ccccc1)C(C)(C)C. The summed E-state index contributed by atoms with van der Waals surface area (Å²) in [6.45, 7) is 9.70. The minimum Gasteiger partial charge on any atom is -0.454 e. The number of ether oxygens (including phenoxy) is 3. The van der Waals surface area contributed by atoms with Crippen LogP contribution in [0.25, 0.3) is 0 Å². The summed E-state index contributed by atoms with van der Waals surface area (Å²) in [5.74, 6) is -3.89. The molecule has 0 amide bonds. The molecule has 5 atom stereocenters. The van der Waals surface area contributed by atoms with Crippen molar-refractivity contribution in [1.29, 1.82) is 0 Å². The lowest BCUT2D eigenvalue weighted by atomic mass is 10.1. The number of hydrogen-bond acceptors (Lipinski definition) is 8. The van der Waals surface area contributed by atoms with E-state index in [1.165, 1.54) is 13.8 Å². The second-order valence-corrected chi connectivity index (χ2v) is 16.9. The predicted molar refractivity (Wildman–Crippen MR) is 148 cm³/mol. The van der Waals surface area contributed by atoms with Gasteiger partial charge in [-0.3, -0.25) is 4.57 Å². The fourth-order valence-electron chi connectivity index (χ4n) is 5.41. The Morgan fingerprint density at radius 3 is 1.85 bits per heavy atom. The maximum absolute atomic E-state index is 14.9. The van der Waals surface area contributed by atoms with Gasteiger partial charge in [-0.25, -0.2) is 9.18 Å². The van der Waals surface area contributed by atoms with E-state index >= 15 is 0 Å². The van der Waals surface area contributed by atoms with E-state index in [4.69, 9.17) is 27.7 Å². The van der Waals surface area contributed by atoms with Crippen LogP contribution in [0.15, 0.2) is 60.7 Å². The molecule has 2 aromatic carbocycles. The molecular weight excluding hydrogens is 542 g/mol. The molecular formula is C28H38FO8PSi. The lowest BCUT2D eigenvalue weighted by Crippen LogP contribution is -2.68. The third-order valence-corrected chi connectivity index (χ3v) is 14.1. The third-order valence-electron chi connectivity index (χ3n) is 7.07. The molecule has 2 aromatic rings. The van der Waals surface area contributed by atoms with E-state index in [1.54, 1.807) is 0 Å². The van der Waals surface area contributed by atoms with Gasteiger partial charge in [0.1, 0.15) is 12.2 Å². The van der Waals surface area contributed by atoms with Crippen LogP contribution in [-0.4, -0.2) is 71.0 Å². The second-order valence-electron chi connectivity index (χ2n) is 10.6. The molecule has 2 heterocycles. The van der Waals surface area contributed by atoms with Gasteiger partial charge in [-0.2, -0.15) is 0 Å². The summed E-state index contributed by atoms with van der Waals surface area (Å²) in [5, 5.41) is 1.99. The highest BCUT2D eigenvalue weighted by Gasteiger charge is 2.57. The van der Waals surface area contributed by atoms with Crippen molar-refractivity contribution >= 4 is 32.3 Å². The average molecular weight is 581 g/mol. The molecule has 11 heteroatoms. The summed E-state index contributed by atoms with van der Waals surface area (Å²) >= 11 is 0. The number of carbonyl (C=O) groups excluding carboxylic acids is 1. The van der Waals surface area contributed by atoms with E-state index in [9.17, 15) is 13.8 Å². The van der Waals surface area contributed by atoms with Crippen molar-refractivity contribution in [2.45, 2.75) is 70.0 Å². The Morgan fingerprint density at radius 2 is 1.38 bits per heavy atom. The zero-order chi connectivity index (χ0) is 28.3. The molecule has 214 valence electrons. The smallest absolute Gasteiger partial charge is 0.376 e. The van der Waals surface area contributed by atoms with Crippen molar-refractivity contribution in [3.05, 3.63) is 60.7 Å². The minimum atomic E-state index is -4.32. The number of halogens is 1. The first-order valence-electron chi connectivity index (χ1n) is 13.3. The van der Waals surface area contributed by atoms with Gasteiger partial charge in [0.25, 0.3) is 14.2 Å². The lowest BCUT2D eigenvalue weighted by molar-refractivity contribution is -0.157. The second kappa shape index (κ2) is 12.3. The number of esters is 1. The zero-order valence-electron chi connectivity index (χ0n) is 23.1. The van der Waals surface area contributed by atoms with E-state index in [-0.39, 0.29) is 31.5 Å². The molecule has 0 bridgehead atoms. The van der Waals surface area contributed by atoms with Crippen LogP contribution in [0.5, 0.6) is 0 Å². The Labute approximate surface area is 230 Å². The molecule has 39 heavy (non-hydrogen) atoms. The number of fused-ring (bicyclic) bond motifs is 1. The Bertz CT molecular complexity index is 1100. The van der Waals surface area contributed by atoms with Crippen LogP contribution in [0.3, 0.4) is 0 Å². The third kappa shape index (κ3) is 5.93. The van der Waals surface area contributed by atoms with Crippen molar-refractivity contribution in [2.75, 3.05) is 26.4 Å². The number of alkyl halides is 1. The Balaban J connectivity index is 1.56. The van der Waals surface area contributed by atoms with Gasteiger partial charge in [0.15, 0.2) is 6.10 Å². The van der Waals surface area contributed by atoms with Crippen LogP contribution in [0.1, 0.15) is 34.6 Å². The van der Waals surface area contributed by atoms with Crippen LogP contribution < -0.4 is 10.4 Å². The summed E-state index contributed by atoms with van der Waals surface area (Å²) < 4.78 is 62.2. The Morgan fingerprint density at radius 1 is 0.923 bits per heavy atom. The monoisotopic (exact) mass is 580 g/mol. The summed E-state index contributed by atoms with van der Waals surface area (Å²) in [4.78, 5) is 12.6. The molecule has 2 saturated heterocycles. The molecule has 1 unspecified atom stereocenters. The fraction of sp³-hybridized carbons (Fsp3) is 0.536. The quantitative estimate of drug-likeness (QED) is 0.222. The largest absolute Gasteiger partial charge is 0.454 e. The molecule has 0 radical (unpaired) electrons. The number of hydrogen-bond donors (Lipinski definition) is 0. The summed E-state index contributed by atoms with van der Waals surface area (Å²) in [6.07, 6.45) is -2.50. The van der Waals surface area contributed by atoms with Crippen LogP contribution in [-0.2, 0) is 37.0 Å². The van der Waals surface area contributed by atoms with E-state index in [2.05, 4.69) is 45.0 Å². The first-order valence-corrected chi connectivity index (χ1v) is 16.8. The Kier molecular flexibility index (Phi) is 9.48. The van der Waals surface area contributed by atoms with Gasteiger partial charge in [-0.15, -0.1) is 0 Å². The average Bonchev–Trinajstić information content (AvgIpc) is 3.50. The molecule has 0 aromatic heterocycles. The topological polar surface area (TPSA) is 89.5 Å². The van der Waals surface area contributed by atoms with Crippen molar-refractivity contribution in [3.8, 4) is 0 Å². The van der Waals surface area contributed by atoms with Crippen molar-refractivity contribution < 1.29 is 41.4 Å².